The number of rotatable bonds is 3. The maximum atomic E-state index is 13.8. The number of pyridine rings is 1. The van der Waals surface area contributed by atoms with E-state index in [-0.39, 0.29) is 16.4 Å². The Kier molecular flexibility index (Phi) is 5.10. The number of carbonyl (C=O) groups is 1. The number of halogens is 4. The van der Waals surface area contributed by atoms with E-state index in [0.717, 1.165) is 20.9 Å². The molecule has 0 saturated heterocycles. The molecule has 5 heterocycles. The number of hydrogen-bond acceptors (Lipinski definition) is 4. The average Bonchev–Trinajstić information content (AvgIpc) is 3.54. The molecule has 0 aliphatic carbocycles. The van der Waals surface area contributed by atoms with Crippen LogP contribution in [-0.4, -0.2) is 33.3 Å². The molecule has 0 saturated carbocycles. The van der Waals surface area contributed by atoms with Gasteiger partial charge in [0.05, 0.1) is 18.1 Å². The van der Waals surface area contributed by atoms with Crippen molar-refractivity contribution in [2.75, 3.05) is 13.1 Å². The monoisotopic (exact) mass is 477 g/mol. The molecule has 1 amide bonds. The van der Waals surface area contributed by atoms with Gasteiger partial charge in [0.2, 0.25) is 0 Å². The van der Waals surface area contributed by atoms with Gasteiger partial charge >= 0.3 is 6.18 Å². The molecule has 10 heteroatoms. The lowest BCUT2D eigenvalue weighted by molar-refractivity contribution is -0.136. The van der Waals surface area contributed by atoms with E-state index in [2.05, 4.69) is 4.98 Å². The van der Waals surface area contributed by atoms with Crippen molar-refractivity contribution in [2.24, 2.45) is 0 Å². The van der Waals surface area contributed by atoms with Crippen LogP contribution in [0.2, 0.25) is 5.15 Å². The summed E-state index contributed by atoms with van der Waals surface area (Å²) in [5.74, 6) is -0.502. The van der Waals surface area contributed by atoms with Gasteiger partial charge in [-0.3, -0.25) is 9.20 Å². The smallest absolute Gasteiger partial charge is 0.420 e. The minimum Gasteiger partial charge on any atom is -0.472 e. The minimum atomic E-state index is -4.68. The van der Waals surface area contributed by atoms with Crippen molar-refractivity contribution in [1.29, 1.82) is 0 Å². The molecule has 0 aromatic carbocycles. The molecule has 0 atom stereocenters. The van der Waals surface area contributed by atoms with E-state index in [9.17, 15) is 18.0 Å². The van der Waals surface area contributed by atoms with E-state index >= 15 is 0 Å². The molecule has 164 valence electrons. The molecular weight excluding hydrogens is 463 g/mol. The van der Waals surface area contributed by atoms with Gasteiger partial charge in [-0.15, -0.1) is 11.3 Å². The van der Waals surface area contributed by atoms with Crippen LogP contribution in [0.3, 0.4) is 0 Å². The fraction of sp³-hybridized carbons (Fsp3) is 0.182. The molecule has 0 unspecified atom stereocenters. The molecule has 5 rings (SSSR count). The lowest BCUT2D eigenvalue weighted by Crippen LogP contribution is -2.35. The van der Waals surface area contributed by atoms with Gasteiger partial charge in [-0.1, -0.05) is 23.7 Å². The number of aromatic nitrogens is 2. The van der Waals surface area contributed by atoms with E-state index in [4.69, 9.17) is 16.0 Å². The van der Waals surface area contributed by atoms with E-state index in [0.29, 0.717) is 25.1 Å². The van der Waals surface area contributed by atoms with E-state index in [1.54, 1.807) is 17.4 Å². The summed E-state index contributed by atoms with van der Waals surface area (Å²) in [6.45, 7) is 0.766. The summed E-state index contributed by atoms with van der Waals surface area (Å²) >= 11 is 8.01. The first-order valence-corrected chi connectivity index (χ1v) is 10.9. The van der Waals surface area contributed by atoms with Crippen LogP contribution in [0.5, 0.6) is 0 Å². The van der Waals surface area contributed by atoms with Crippen molar-refractivity contribution in [3.63, 3.8) is 0 Å². The Bertz CT molecular complexity index is 1320. The Balaban J connectivity index is 1.54. The van der Waals surface area contributed by atoms with Gasteiger partial charge in [-0.2, -0.15) is 13.2 Å². The third kappa shape index (κ3) is 3.61. The second-order valence-electron chi connectivity index (χ2n) is 7.30. The summed E-state index contributed by atoms with van der Waals surface area (Å²) < 4.78 is 47.5. The van der Waals surface area contributed by atoms with Crippen LogP contribution in [0.4, 0.5) is 13.2 Å². The van der Waals surface area contributed by atoms with Crippen LogP contribution < -0.4 is 0 Å². The first-order chi connectivity index (χ1) is 15.3. The van der Waals surface area contributed by atoms with Crippen LogP contribution in [0, 0.1) is 0 Å². The summed E-state index contributed by atoms with van der Waals surface area (Å²) in [6, 6.07) is 6.51. The number of imidazole rings is 1. The second kappa shape index (κ2) is 7.83. The highest BCUT2D eigenvalue weighted by atomic mass is 35.5. The number of amides is 1. The fourth-order valence-electron chi connectivity index (χ4n) is 3.74. The van der Waals surface area contributed by atoms with Crippen LogP contribution in [0.25, 0.3) is 22.3 Å². The predicted molar refractivity (Wildman–Crippen MR) is 116 cm³/mol. The maximum Gasteiger partial charge on any atom is 0.420 e. The quantitative estimate of drug-likeness (QED) is 0.350. The van der Waals surface area contributed by atoms with Gasteiger partial charge in [0.25, 0.3) is 5.91 Å². The molecule has 0 radical (unpaired) electrons. The lowest BCUT2D eigenvalue weighted by atomic mass is 10.1. The average molecular weight is 478 g/mol. The summed E-state index contributed by atoms with van der Waals surface area (Å²) in [4.78, 5) is 19.8. The van der Waals surface area contributed by atoms with Gasteiger partial charge in [0, 0.05) is 35.3 Å². The molecule has 4 aromatic heterocycles. The summed E-state index contributed by atoms with van der Waals surface area (Å²) in [7, 11) is 0. The zero-order valence-corrected chi connectivity index (χ0v) is 18.0. The van der Waals surface area contributed by atoms with Crippen LogP contribution in [0.15, 0.2) is 58.9 Å². The molecule has 32 heavy (non-hydrogen) atoms. The molecule has 4 aromatic rings. The van der Waals surface area contributed by atoms with Crippen molar-refractivity contribution in [2.45, 2.75) is 12.6 Å². The molecule has 0 fully saturated rings. The topological polar surface area (TPSA) is 50.8 Å². The highest BCUT2D eigenvalue weighted by Gasteiger charge is 2.36. The second-order valence-corrected chi connectivity index (χ2v) is 8.61. The Hall–Kier alpha value is -3.04. The number of thiophene rings is 1. The maximum absolute atomic E-state index is 13.8. The van der Waals surface area contributed by atoms with Gasteiger partial charge < -0.3 is 9.32 Å². The van der Waals surface area contributed by atoms with Crippen molar-refractivity contribution in [1.82, 2.24) is 14.3 Å². The summed E-state index contributed by atoms with van der Waals surface area (Å²) in [5.41, 5.74) is 0.264. The molecular formula is C22H15ClF3N3O2S. The molecule has 0 bridgehead atoms. The van der Waals surface area contributed by atoms with Crippen molar-refractivity contribution < 1.29 is 22.4 Å². The lowest BCUT2D eigenvalue weighted by Gasteiger charge is -2.25. The van der Waals surface area contributed by atoms with E-state index in [1.165, 1.54) is 23.6 Å². The Labute approximate surface area is 189 Å². The Morgan fingerprint density at radius 3 is 2.72 bits per heavy atom. The van der Waals surface area contributed by atoms with Crippen LogP contribution >= 0.6 is 22.9 Å². The van der Waals surface area contributed by atoms with Crippen molar-refractivity contribution in [3.8, 4) is 11.1 Å². The van der Waals surface area contributed by atoms with Crippen molar-refractivity contribution >= 4 is 40.1 Å². The first kappa shape index (κ1) is 20.8. The Morgan fingerprint density at radius 1 is 1.25 bits per heavy atom. The Morgan fingerprint density at radius 2 is 2.09 bits per heavy atom. The summed E-state index contributed by atoms with van der Waals surface area (Å²) in [5, 5.41) is 1.83. The number of hydrogen-bond donors (Lipinski definition) is 0. The summed E-state index contributed by atoms with van der Waals surface area (Å²) in [6.07, 6.45) is 2.05. The third-order valence-electron chi connectivity index (χ3n) is 5.36. The van der Waals surface area contributed by atoms with E-state index in [1.807, 2.05) is 23.6 Å². The van der Waals surface area contributed by atoms with Gasteiger partial charge in [-0.05, 0) is 35.6 Å². The predicted octanol–water partition coefficient (Wildman–Crippen LogP) is 6.26. The number of furan rings is 1. The standard InChI is InChI=1S/C22H15ClF3N3O2S/c23-19-18(21(30)28-6-3-13(4-7-28)17-2-1-9-32-17)27-20-16(22(24,25)26)10-15(11-29(19)20)14-5-8-31-12-14/h1-3,5,8-12H,4,6-7H2. The number of carbonyl (C=O) groups excluding carboxylic acids is 1. The number of fused-ring (bicyclic) bond motifs is 1. The normalized spacial score (nSPS) is 14.8. The molecule has 0 spiro atoms. The minimum absolute atomic E-state index is 0.158. The molecule has 1 aliphatic rings. The first-order valence-electron chi connectivity index (χ1n) is 9.66. The van der Waals surface area contributed by atoms with E-state index < -0.39 is 23.3 Å². The van der Waals surface area contributed by atoms with Crippen LogP contribution in [0.1, 0.15) is 27.3 Å². The van der Waals surface area contributed by atoms with Crippen LogP contribution in [-0.2, 0) is 6.18 Å². The zero-order valence-electron chi connectivity index (χ0n) is 16.4. The van der Waals surface area contributed by atoms with Gasteiger partial charge in [0.15, 0.2) is 11.3 Å². The third-order valence-corrected chi connectivity index (χ3v) is 6.66. The number of alkyl halides is 3. The molecule has 1 aliphatic heterocycles. The highest BCUT2D eigenvalue weighted by Crippen LogP contribution is 2.37. The highest BCUT2D eigenvalue weighted by molar-refractivity contribution is 7.11. The fourth-order valence-corrected chi connectivity index (χ4v) is 4.79. The van der Waals surface area contributed by atoms with Gasteiger partial charge in [-0.25, -0.2) is 4.98 Å². The van der Waals surface area contributed by atoms with Gasteiger partial charge in [0.1, 0.15) is 5.15 Å². The SMILES string of the molecule is O=C(c1nc2c(C(F)(F)F)cc(-c3ccoc3)cn2c1Cl)N1CC=C(c2cccs2)CC1. The molecule has 5 nitrogen and oxygen atoms in total. The number of nitrogens with zero attached hydrogens (tertiary/aromatic N) is 3. The largest absolute Gasteiger partial charge is 0.472 e. The zero-order chi connectivity index (χ0) is 22.5. The van der Waals surface area contributed by atoms with Crippen molar-refractivity contribution in [3.05, 3.63) is 75.7 Å². The molecule has 0 N–H and O–H groups in total.